The summed E-state index contributed by atoms with van der Waals surface area (Å²) in [7, 11) is -1.35. The number of rotatable bonds is 4. The van der Waals surface area contributed by atoms with Gasteiger partial charge < -0.3 is 4.74 Å². The summed E-state index contributed by atoms with van der Waals surface area (Å²) in [4.78, 5) is 11.6. The molecule has 0 aromatic carbocycles. The quantitative estimate of drug-likeness (QED) is 0.407. The number of allylic oxidation sites excluding steroid dienone is 1. The van der Waals surface area contributed by atoms with Crippen molar-refractivity contribution in [3.05, 3.63) is 12.7 Å². The largest absolute Gasteiger partial charge is 0.466 e. The minimum absolute atomic E-state index is 0.0326. The van der Waals surface area contributed by atoms with Crippen LogP contribution in [0.5, 0.6) is 0 Å². The van der Waals surface area contributed by atoms with Crippen LogP contribution in [0.15, 0.2) is 12.7 Å². The number of carbonyl (C=O) groups excluding carboxylic acids is 1. The zero-order valence-electron chi connectivity index (χ0n) is 9.59. The lowest BCUT2D eigenvalue weighted by Gasteiger charge is -2.26. The average molecular weight is 212 g/mol. The Hall–Kier alpha value is -0.573. The molecule has 3 heteroatoms. The Morgan fingerprint density at radius 3 is 2.50 bits per heavy atom. The summed E-state index contributed by atoms with van der Waals surface area (Å²) in [5, 5.41) is 0.0965. The van der Waals surface area contributed by atoms with Crippen molar-refractivity contribution in [2.75, 3.05) is 6.61 Å². The molecule has 0 saturated heterocycles. The Bertz CT molecular complexity index is 255. The van der Waals surface area contributed by atoms with Gasteiger partial charge in [0.25, 0.3) is 0 Å². The molecule has 0 heterocycles. The van der Waals surface area contributed by atoms with Gasteiger partial charge in [0.05, 0.1) is 20.6 Å². The van der Waals surface area contributed by atoms with E-state index in [2.05, 4.69) is 26.2 Å². The van der Waals surface area contributed by atoms with Crippen LogP contribution in [0, 0.1) is 5.92 Å². The maximum absolute atomic E-state index is 11.6. The molecule has 1 rings (SSSR count). The van der Waals surface area contributed by atoms with Crippen LogP contribution in [-0.2, 0) is 9.53 Å². The van der Waals surface area contributed by atoms with Crippen LogP contribution < -0.4 is 0 Å². The Balaban J connectivity index is 2.73. The summed E-state index contributed by atoms with van der Waals surface area (Å²) in [5.41, 5.74) is 0. The van der Waals surface area contributed by atoms with Crippen molar-refractivity contribution in [2.24, 2.45) is 5.92 Å². The normalized spacial score (nSPS) is 31.0. The maximum Gasteiger partial charge on any atom is 0.309 e. The average Bonchev–Trinajstić information content (AvgIpc) is 2.78. The minimum atomic E-state index is -1.35. The molecule has 1 fully saturated rings. The third-order valence-electron chi connectivity index (χ3n) is 3.34. The van der Waals surface area contributed by atoms with E-state index >= 15 is 0 Å². The summed E-state index contributed by atoms with van der Waals surface area (Å²) in [6, 6.07) is 0. The van der Waals surface area contributed by atoms with E-state index in [0.29, 0.717) is 6.61 Å². The lowest BCUT2D eigenvalue weighted by Crippen LogP contribution is -2.31. The molecule has 1 aliphatic rings. The van der Waals surface area contributed by atoms with E-state index < -0.39 is 8.07 Å². The molecule has 0 aliphatic heterocycles. The molecular formula is C11H20O2Si. The number of hydrogen-bond acceptors (Lipinski definition) is 2. The van der Waals surface area contributed by atoms with Gasteiger partial charge in [-0.2, -0.15) is 0 Å². The van der Waals surface area contributed by atoms with Crippen molar-refractivity contribution >= 4 is 14.0 Å². The van der Waals surface area contributed by atoms with Gasteiger partial charge in [0.2, 0.25) is 0 Å². The molecule has 0 N–H and O–H groups in total. The highest BCUT2D eigenvalue weighted by Gasteiger charge is 2.63. The van der Waals surface area contributed by atoms with Gasteiger partial charge in [-0.3, -0.25) is 4.79 Å². The summed E-state index contributed by atoms with van der Waals surface area (Å²) in [6.07, 6.45) is 2.94. The first-order valence-electron chi connectivity index (χ1n) is 5.19. The number of carbonyl (C=O) groups is 1. The second-order valence-corrected chi connectivity index (χ2v) is 10.4. The smallest absolute Gasteiger partial charge is 0.309 e. The van der Waals surface area contributed by atoms with Gasteiger partial charge in [-0.25, -0.2) is 0 Å². The molecule has 0 amide bonds. The Morgan fingerprint density at radius 2 is 2.21 bits per heavy atom. The number of esters is 1. The molecule has 2 atom stereocenters. The van der Waals surface area contributed by atoms with E-state index in [9.17, 15) is 4.79 Å². The van der Waals surface area contributed by atoms with E-state index in [0.717, 1.165) is 6.42 Å². The highest BCUT2D eigenvalue weighted by atomic mass is 28.3. The molecule has 0 radical (unpaired) electrons. The van der Waals surface area contributed by atoms with E-state index in [-0.39, 0.29) is 16.9 Å². The fourth-order valence-corrected chi connectivity index (χ4v) is 4.77. The topological polar surface area (TPSA) is 26.3 Å². The summed E-state index contributed by atoms with van der Waals surface area (Å²) in [5.74, 6) is 0.0569. The summed E-state index contributed by atoms with van der Waals surface area (Å²) >= 11 is 0. The second-order valence-electron chi connectivity index (χ2n) is 5.00. The van der Waals surface area contributed by atoms with Crippen molar-refractivity contribution in [1.29, 1.82) is 0 Å². The fourth-order valence-electron chi connectivity index (χ4n) is 2.18. The molecule has 14 heavy (non-hydrogen) atoms. The first-order chi connectivity index (χ1) is 6.39. The number of ether oxygens (including phenoxy) is 1. The van der Waals surface area contributed by atoms with Gasteiger partial charge in [0.1, 0.15) is 0 Å². The van der Waals surface area contributed by atoms with Gasteiger partial charge in [-0.05, 0) is 18.4 Å². The molecule has 80 valence electrons. The van der Waals surface area contributed by atoms with E-state index in [1.165, 1.54) is 0 Å². The predicted molar refractivity (Wildman–Crippen MR) is 61.0 cm³/mol. The SMILES string of the molecule is C=CC1([Si](C)(C)C)CC1C(=O)OCC. The molecule has 1 aliphatic carbocycles. The standard InChI is InChI=1S/C11H20O2Si/c1-6-11(14(3,4)5)8-9(11)10(12)13-7-2/h6,9H,1,7-8H2,2-5H3. The summed E-state index contributed by atoms with van der Waals surface area (Å²) in [6.45, 7) is 13.1. The van der Waals surface area contributed by atoms with Crippen molar-refractivity contribution in [1.82, 2.24) is 0 Å². The molecule has 0 spiro atoms. The van der Waals surface area contributed by atoms with E-state index in [4.69, 9.17) is 4.74 Å². The van der Waals surface area contributed by atoms with Crippen molar-refractivity contribution in [2.45, 2.75) is 38.0 Å². The third kappa shape index (κ3) is 1.65. The first-order valence-corrected chi connectivity index (χ1v) is 8.69. The lowest BCUT2D eigenvalue weighted by molar-refractivity contribution is -0.144. The van der Waals surface area contributed by atoms with Gasteiger partial charge >= 0.3 is 5.97 Å². The Kier molecular flexibility index (Phi) is 2.90. The van der Waals surface area contributed by atoms with Crippen LogP contribution in [0.3, 0.4) is 0 Å². The van der Waals surface area contributed by atoms with Gasteiger partial charge in [0.15, 0.2) is 0 Å². The second kappa shape index (κ2) is 3.53. The van der Waals surface area contributed by atoms with Crippen molar-refractivity contribution in [3.8, 4) is 0 Å². The molecule has 2 nitrogen and oxygen atoms in total. The molecule has 0 bridgehead atoms. The number of hydrogen-bond donors (Lipinski definition) is 0. The molecule has 0 aromatic rings. The van der Waals surface area contributed by atoms with E-state index in [1.807, 2.05) is 13.0 Å². The predicted octanol–water partition coefficient (Wildman–Crippen LogP) is 2.83. The first kappa shape index (κ1) is 11.5. The zero-order valence-corrected chi connectivity index (χ0v) is 10.6. The molecule has 2 unspecified atom stereocenters. The van der Waals surface area contributed by atoms with Crippen molar-refractivity contribution in [3.63, 3.8) is 0 Å². The highest BCUT2D eigenvalue weighted by molar-refractivity contribution is 6.81. The monoisotopic (exact) mass is 212 g/mol. The van der Waals surface area contributed by atoms with Gasteiger partial charge in [0, 0.05) is 0 Å². The van der Waals surface area contributed by atoms with Crippen LogP contribution in [0.4, 0.5) is 0 Å². The molecular weight excluding hydrogens is 192 g/mol. The Labute approximate surface area is 87.3 Å². The van der Waals surface area contributed by atoms with Crippen molar-refractivity contribution < 1.29 is 9.53 Å². The van der Waals surface area contributed by atoms with E-state index in [1.54, 1.807) is 0 Å². The maximum atomic E-state index is 11.6. The Morgan fingerprint density at radius 1 is 1.64 bits per heavy atom. The van der Waals surface area contributed by atoms with Crippen LogP contribution in [0.25, 0.3) is 0 Å². The summed E-state index contributed by atoms with van der Waals surface area (Å²) < 4.78 is 5.05. The fraction of sp³-hybridized carbons (Fsp3) is 0.727. The van der Waals surface area contributed by atoms with Crippen LogP contribution in [-0.4, -0.2) is 20.7 Å². The zero-order chi connectivity index (χ0) is 11.0. The van der Waals surface area contributed by atoms with Crippen LogP contribution in [0.2, 0.25) is 24.7 Å². The van der Waals surface area contributed by atoms with Crippen LogP contribution in [0.1, 0.15) is 13.3 Å². The lowest BCUT2D eigenvalue weighted by atomic mass is 10.3. The highest BCUT2D eigenvalue weighted by Crippen LogP contribution is 2.67. The third-order valence-corrected chi connectivity index (χ3v) is 6.88. The van der Waals surface area contributed by atoms with Gasteiger partial charge in [-0.15, -0.1) is 6.58 Å². The molecule has 1 saturated carbocycles. The van der Waals surface area contributed by atoms with Crippen LogP contribution >= 0.6 is 0 Å². The molecule has 0 aromatic heterocycles. The minimum Gasteiger partial charge on any atom is -0.466 e. The van der Waals surface area contributed by atoms with Gasteiger partial charge in [-0.1, -0.05) is 25.7 Å².